The lowest BCUT2D eigenvalue weighted by Gasteiger charge is -2.40. The Kier molecular flexibility index (Phi) is 4.48. The number of hydrogen-bond acceptors (Lipinski definition) is 4. The van der Waals surface area contributed by atoms with Gasteiger partial charge in [0.1, 0.15) is 17.5 Å². The van der Waals surface area contributed by atoms with Crippen LogP contribution in [0.25, 0.3) is 0 Å². The second-order valence-electron chi connectivity index (χ2n) is 5.90. The van der Waals surface area contributed by atoms with Crippen molar-refractivity contribution in [3.05, 3.63) is 29.8 Å². The van der Waals surface area contributed by atoms with Crippen molar-refractivity contribution in [2.75, 3.05) is 19.8 Å². The Morgan fingerprint density at radius 2 is 2.10 bits per heavy atom. The van der Waals surface area contributed by atoms with E-state index in [-0.39, 0.29) is 0 Å². The maximum atomic E-state index is 10.9. The number of rotatable bonds is 6. The fourth-order valence-electron chi connectivity index (χ4n) is 2.94. The van der Waals surface area contributed by atoms with Crippen LogP contribution in [0.4, 0.5) is 0 Å². The Morgan fingerprint density at radius 1 is 1.33 bits per heavy atom. The minimum atomic E-state index is -0.649. The zero-order valence-electron chi connectivity index (χ0n) is 12.6. The molecule has 0 aromatic heterocycles. The predicted molar refractivity (Wildman–Crippen MR) is 79.5 cm³/mol. The summed E-state index contributed by atoms with van der Waals surface area (Å²) < 4.78 is 17.2. The minimum Gasteiger partial charge on any atom is -0.490 e. The largest absolute Gasteiger partial charge is 0.490 e. The molecule has 0 radical (unpaired) electrons. The van der Waals surface area contributed by atoms with Crippen molar-refractivity contribution in [2.45, 2.75) is 50.4 Å². The monoisotopic (exact) mass is 292 g/mol. The molecule has 2 fully saturated rings. The van der Waals surface area contributed by atoms with Gasteiger partial charge >= 0.3 is 0 Å². The van der Waals surface area contributed by atoms with Crippen LogP contribution in [0.3, 0.4) is 0 Å². The predicted octanol–water partition coefficient (Wildman–Crippen LogP) is 2.85. The second kappa shape index (κ2) is 6.34. The Labute approximate surface area is 126 Å². The van der Waals surface area contributed by atoms with E-state index in [1.54, 1.807) is 0 Å². The molecule has 1 unspecified atom stereocenters. The lowest BCUT2D eigenvalue weighted by molar-refractivity contribution is -0.168. The molecule has 1 atom stereocenters. The maximum Gasteiger partial charge on any atom is 0.120 e. The van der Waals surface area contributed by atoms with E-state index >= 15 is 0 Å². The van der Waals surface area contributed by atoms with Gasteiger partial charge in [-0.15, -0.1) is 0 Å². The number of aliphatic hydroxyl groups is 1. The molecule has 1 aromatic rings. The summed E-state index contributed by atoms with van der Waals surface area (Å²) in [4.78, 5) is 0. The van der Waals surface area contributed by atoms with Gasteiger partial charge in [0.25, 0.3) is 0 Å². The third kappa shape index (κ3) is 3.39. The molecule has 0 bridgehead atoms. The molecule has 1 N–H and O–H groups in total. The van der Waals surface area contributed by atoms with E-state index in [0.29, 0.717) is 25.9 Å². The quantitative estimate of drug-likeness (QED) is 0.876. The van der Waals surface area contributed by atoms with E-state index in [1.807, 2.05) is 31.2 Å². The molecule has 1 saturated heterocycles. The Morgan fingerprint density at radius 3 is 2.76 bits per heavy atom. The molecule has 1 aliphatic heterocycles. The highest BCUT2D eigenvalue weighted by Gasteiger charge is 2.41. The first-order valence-electron chi connectivity index (χ1n) is 7.90. The molecule has 1 heterocycles. The average Bonchev–Trinajstić information content (AvgIpc) is 3.32. The van der Waals surface area contributed by atoms with Crippen LogP contribution in [0, 0.1) is 0 Å². The van der Waals surface area contributed by atoms with Crippen LogP contribution in [0.15, 0.2) is 24.3 Å². The Hall–Kier alpha value is -1.10. The fourth-order valence-corrected chi connectivity index (χ4v) is 2.94. The first-order chi connectivity index (χ1) is 10.2. The third-order valence-electron chi connectivity index (χ3n) is 4.27. The summed E-state index contributed by atoms with van der Waals surface area (Å²) in [5, 5.41) is 10.9. The van der Waals surface area contributed by atoms with Crippen molar-refractivity contribution in [1.29, 1.82) is 0 Å². The zero-order valence-corrected chi connectivity index (χ0v) is 12.6. The molecule has 1 saturated carbocycles. The number of hydrogen-bond donors (Lipinski definition) is 1. The molecule has 116 valence electrons. The SMILES string of the molecule is CCOC1(C(O)c2cccc(OC3CC3)c2)CCOCC1. The topological polar surface area (TPSA) is 47.9 Å². The van der Waals surface area contributed by atoms with Gasteiger partial charge in [-0.2, -0.15) is 0 Å². The molecule has 3 rings (SSSR count). The lowest BCUT2D eigenvalue weighted by Crippen LogP contribution is -2.44. The molecule has 4 heteroatoms. The first-order valence-corrected chi connectivity index (χ1v) is 7.90. The maximum absolute atomic E-state index is 10.9. The summed E-state index contributed by atoms with van der Waals surface area (Å²) in [6, 6.07) is 7.78. The smallest absolute Gasteiger partial charge is 0.120 e. The highest BCUT2D eigenvalue weighted by molar-refractivity contribution is 5.32. The van der Waals surface area contributed by atoms with Crippen LogP contribution in [0.5, 0.6) is 5.75 Å². The van der Waals surface area contributed by atoms with Gasteiger partial charge in [-0.1, -0.05) is 12.1 Å². The summed E-state index contributed by atoms with van der Waals surface area (Å²) in [5.41, 5.74) is 0.328. The summed E-state index contributed by atoms with van der Waals surface area (Å²) in [7, 11) is 0. The molecular formula is C17H24O4. The normalized spacial score (nSPS) is 22.8. The lowest BCUT2D eigenvalue weighted by atomic mass is 9.84. The summed E-state index contributed by atoms with van der Waals surface area (Å²) >= 11 is 0. The van der Waals surface area contributed by atoms with Gasteiger partial charge in [0.15, 0.2) is 0 Å². The molecule has 21 heavy (non-hydrogen) atoms. The van der Waals surface area contributed by atoms with Crippen molar-refractivity contribution in [3.8, 4) is 5.75 Å². The summed E-state index contributed by atoms with van der Waals surface area (Å²) in [6.07, 6.45) is 3.41. The molecule has 2 aliphatic rings. The van der Waals surface area contributed by atoms with Crippen molar-refractivity contribution in [3.63, 3.8) is 0 Å². The van der Waals surface area contributed by atoms with E-state index in [9.17, 15) is 5.11 Å². The van der Waals surface area contributed by atoms with Gasteiger partial charge in [0, 0.05) is 32.7 Å². The number of ether oxygens (including phenoxy) is 3. The van der Waals surface area contributed by atoms with Gasteiger partial charge in [-0.05, 0) is 37.5 Å². The standard InChI is InChI=1S/C17H24O4/c1-2-20-17(8-10-19-11-9-17)16(18)13-4-3-5-15(12-13)21-14-6-7-14/h3-5,12,14,16,18H,2,6-11H2,1H3. The van der Waals surface area contributed by atoms with E-state index in [1.165, 1.54) is 0 Å². The second-order valence-corrected chi connectivity index (χ2v) is 5.90. The number of aliphatic hydroxyl groups excluding tert-OH is 1. The van der Waals surface area contributed by atoms with Crippen LogP contribution in [-0.4, -0.2) is 36.6 Å². The molecule has 0 spiro atoms. The Balaban J connectivity index is 1.79. The van der Waals surface area contributed by atoms with Crippen LogP contribution in [-0.2, 0) is 9.47 Å². The van der Waals surface area contributed by atoms with Gasteiger partial charge in [-0.3, -0.25) is 0 Å². The molecule has 4 nitrogen and oxygen atoms in total. The number of benzene rings is 1. The minimum absolute atomic E-state index is 0.362. The van der Waals surface area contributed by atoms with Gasteiger partial charge in [-0.25, -0.2) is 0 Å². The zero-order chi connectivity index (χ0) is 14.7. The highest BCUT2D eigenvalue weighted by atomic mass is 16.5. The van der Waals surface area contributed by atoms with Crippen molar-refractivity contribution in [1.82, 2.24) is 0 Å². The Bertz CT molecular complexity index is 458. The van der Waals surface area contributed by atoms with E-state index < -0.39 is 11.7 Å². The average molecular weight is 292 g/mol. The van der Waals surface area contributed by atoms with Crippen molar-refractivity contribution in [2.24, 2.45) is 0 Å². The fraction of sp³-hybridized carbons (Fsp3) is 0.647. The van der Waals surface area contributed by atoms with Crippen molar-refractivity contribution >= 4 is 0 Å². The van der Waals surface area contributed by atoms with Crippen LogP contribution in [0.2, 0.25) is 0 Å². The third-order valence-corrected chi connectivity index (χ3v) is 4.27. The molecule has 1 aliphatic carbocycles. The molecule has 0 amide bonds. The van der Waals surface area contributed by atoms with E-state index in [2.05, 4.69) is 0 Å². The van der Waals surface area contributed by atoms with E-state index in [0.717, 1.165) is 37.0 Å². The van der Waals surface area contributed by atoms with Crippen molar-refractivity contribution < 1.29 is 19.3 Å². The van der Waals surface area contributed by atoms with Gasteiger partial charge < -0.3 is 19.3 Å². The summed E-state index contributed by atoms with van der Waals surface area (Å²) in [5.74, 6) is 0.841. The highest BCUT2D eigenvalue weighted by Crippen LogP contribution is 2.39. The van der Waals surface area contributed by atoms with E-state index in [4.69, 9.17) is 14.2 Å². The van der Waals surface area contributed by atoms with Crippen LogP contribution in [0.1, 0.15) is 44.3 Å². The summed E-state index contributed by atoms with van der Waals surface area (Å²) in [6.45, 7) is 3.83. The molecular weight excluding hydrogens is 268 g/mol. The van der Waals surface area contributed by atoms with Crippen LogP contribution < -0.4 is 4.74 Å². The van der Waals surface area contributed by atoms with Crippen LogP contribution >= 0.6 is 0 Å². The first kappa shape index (κ1) is 14.8. The van der Waals surface area contributed by atoms with Gasteiger partial charge in [0.2, 0.25) is 0 Å². The van der Waals surface area contributed by atoms with Gasteiger partial charge in [0.05, 0.1) is 6.10 Å². The molecule has 1 aromatic carbocycles.